The molecule has 0 saturated heterocycles. The standard InChI is InChI=1S/C22H26OS/c1-15-6-8-17(24-15)9-11-20(23)16-7-10-18-19(14-16)22(4,5)13-12-21(18,2)3/h6-11,14H,12-13H2,1-5H3/b11-9+. The molecule has 0 fully saturated rings. The van der Waals surface area contributed by atoms with Crippen LogP contribution in [0.1, 0.15) is 71.8 Å². The van der Waals surface area contributed by atoms with Crippen molar-refractivity contribution in [2.24, 2.45) is 0 Å². The number of thiophene rings is 1. The van der Waals surface area contributed by atoms with Crippen molar-refractivity contribution in [1.82, 2.24) is 0 Å². The summed E-state index contributed by atoms with van der Waals surface area (Å²) in [6.45, 7) is 11.3. The number of rotatable bonds is 3. The molecule has 0 aliphatic heterocycles. The Kier molecular flexibility index (Phi) is 4.29. The summed E-state index contributed by atoms with van der Waals surface area (Å²) in [5.41, 5.74) is 3.86. The quantitative estimate of drug-likeness (QED) is 0.474. The lowest BCUT2D eigenvalue weighted by molar-refractivity contribution is 0.104. The van der Waals surface area contributed by atoms with E-state index >= 15 is 0 Å². The highest BCUT2D eigenvalue weighted by molar-refractivity contribution is 7.12. The average Bonchev–Trinajstić information content (AvgIpc) is 2.95. The summed E-state index contributed by atoms with van der Waals surface area (Å²) >= 11 is 1.71. The Hall–Kier alpha value is -1.67. The number of carbonyl (C=O) groups excluding carboxylic acids is 1. The van der Waals surface area contributed by atoms with Gasteiger partial charge in [0, 0.05) is 15.3 Å². The number of ketones is 1. The van der Waals surface area contributed by atoms with E-state index in [1.165, 1.54) is 22.4 Å². The van der Waals surface area contributed by atoms with Crippen LogP contribution >= 0.6 is 11.3 Å². The Morgan fingerprint density at radius 3 is 2.29 bits per heavy atom. The van der Waals surface area contributed by atoms with E-state index in [9.17, 15) is 4.79 Å². The molecule has 1 aliphatic rings. The second kappa shape index (κ2) is 6.00. The van der Waals surface area contributed by atoms with Crippen molar-refractivity contribution >= 4 is 23.2 Å². The molecule has 0 unspecified atom stereocenters. The number of fused-ring (bicyclic) bond motifs is 1. The van der Waals surface area contributed by atoms with Gasteiger partial charge in [0.05, 0.1) is 0 Å². The minimum Gasteiger partial charge on any atom is -0.289 e. The maximum absolute atomic E-state index is 12.6. The van der Waals surface area contributed by atoms with Crippen LogP contribution in [-0.4, -0.2) is 5.78 Å². The molecule has 1 aromatic carbocycles. The third-order valence-electron chi connectivity index (χ3n) is 5.30. The zero-order valence-electron chi connectivity index (χ0n) is 15.3. The number of hydrogen-bond acceptors (Lipinski definition) is 2. The largest absolute Gasteiger partial charge is 0.289 e. The number of allylic oxidation sites excluding steroid dienone is 1. The minimum absolute atomic E-state index is 0.0861. The summed E-state index contributed by atoms with van der Waals surface area (Å²) in [5, 5.41) is 0. The third kappa shape index (κ3) is 3.25. The lowest BCUT2D eigenvalue weighted by Gasteiger charge is -2.42. The van der Waals surface area contributed by atoms with Gasteiger partial charge >= 0.3 is 0 Å². The van der Waals surface area contributed by atoms with Crippen LogP contribution in [0.3, 0.4) is 0 Å². The lowest BCUT2D eigenvalue weighted by atomic mass is 9.63. The molecule has 0 saturated carbocycles. The summed E-state index contributed by atoms with van der Waals surface area (Å²) in [4.78, 5) is 15.0. The van der Waals surface area contributed by atoms with Crippen molar-refractivity contribution in [3.05, 3.63) is 62.9 Å². The van der Waals surface area contributed by atoms with E-state index in [1.54, 1.807) is 17.4 Å². The highest BCUT2D eigenvalue weighted by Crippen LogP contribution is 2.45. The molecule has 0 radical (unpaired) electrons. The predicted molar refractivity (Wildman–Crippen MR) is 104 cm³/mol. The summed E-state index contributed by atoms with van der Waals surface area (Å²) in [7, 11) is 0. The van der Waals surface area contributed by atoms with Crippen LogP contribution in [0, 0.1) is 6.92 Å². The van der Waals surface area contributed by atoms with Crippen LogP contribution < -0.4 is 0 Å². The zero-order chi connectivity index (χ0) is 17.5. The molecule has 1 heterocycles. The van der Waals surface area contributed by atoms with Gasteiger partial charge in [0.2, 0.25) is 0 Å². The second-order valence-electron chi connectivity index (χ2n) is 8.17. The Labute approximate surface area is 149 Å². The molecule has 3 rings (SSSR count). The highest BCUT2D eigenvalue weighted by Gasteiger charge is 2.37. The Morgan fingerprint density at radius 1 is 1.00 bits per heavy atom. The van der Waals surface area contributed by atoms with Crippen molar-refractivity contribution in [3.8, 4) is 0 Å². The normalized spacial score (nSPS) is 18.5. The fourth-order valence-electron chi connectivity index (χ4n) is 3.54. The molecule has 2 aromatic rings. The minimum atomic E-state index is 0.0861. The molecule has 0 amide bonds. The van der Waals surface area contributed by atoms with Crippen molar-refractivity contribution in [1.29, 1.82) is 0 Å². The molecule has 24 heavy (non-hydrogen) atoms. The zero-order valence-corrected chi connectivity index (χ0v) is 16.1. The molecule has 0 spiro atoms. The maximum Gasteiger partial charge on any atom is 0.185 e. The van der Waals surface area contributed by atoms with Crippen LogP contribution in [-0.2, 0) is 10.8 Å². The van der Waals surface area contributed by atoms with E-state index in [-0.39, 0.29) is 16.6 Å². The fourth-order valence-corrected chi connectivity index (χ4v) is 4.32. The van der Waals surface area contributed by atoms with E-state index in [0.717, 1.165) is 16.9 Å². The first-order chi connectivity index (χ1) is 11.2. The van der Waals surface area contributed by atoms with E-state index in [4.69, 9.17) is 0 Å². The van der Waals surface area contributed by atoms with Gasteiger partial charge in [-0.2, -0.15) is 0 Å². The number of aryl methyl sites for hydroxylation is 1. The lowest BCUT2D eigenvalue weighted by Crippen LogP contribution is -2.34. The number of carbonyl (C=O) groups is 1. The maximum atomic E-state index is 12.6. The molecular weight excluding hydrogens is 312 g/mol. The third-order valence-corrected chi connectivity index (χ3v) is 6.26. The van der Waals surface area contributed by atoms with Gasteiger partial charge in [-0.25, -0.2) is 0 Å². The van der Waals surface area contributed by atoms with E-state index in [1.807, 2.05) is 12.1 Å². The van der Waals surface area contributed by atoms with Gasteiger partial charge in [-0.1, -0.05) is 39.8 Å². The Morgan fingerprint density at radius 2 is 1.67 bits per heavy atom. The van der Waals surface area contributed by atoms with Crippen molar-refractivity contribution in [3.63, 3.8) is 0 Å². The van der Waals surface area contributed by atoms with Gasteiger partial charge in [-0.3, -0.25) is 4.79 Å². The smallest absolute Gasteiger partial charge is 0.185 e. The first-order valence-corrected chi connectivity index (χ1v) is 9.45. The molecule has 0 N–H and O–H groups in total. The number of benzene rings is 1. The molecule has 1 aromatic heterocycles. The first kappa shape index (κ1) is 17.2. The van der Waals surface area contributed by atoms with Gasteiger partial charge in [0.25, 0.3) is 0 Å². The molecule has 0 bridgehead atoms. The highest BCUT2D eigenvalue weighted by atomic mass is 32.1. The van der Waals surface area contributed by atoms with Crippen LogP contribution in [0.15, 0.2) is 36.4 Å². The average molecular weight is 339 g/mol. The topological polar surface area (TPSA) is 17.1 Å². The summed E-state index contributed by atoms with van der Waals surface area (Å²) in [5.74, 6) is 0.0861. The summed E-state index contributed by atoms with van der Waals surface area (Å²) in [6, 6.07) is 10.4. The first-order valence-electron chi connectivity index (χ1n) is 8.63. The van der Waals surface area contributed by atoms with E-state index in [0.29, 0.717) is 0 Å². The van der Waals surface area contributed by atoms with Crippen LogP contribution in [0.5, 0.6) is 0 Å². The van der Waals surface area contributed by atoms with Crippen molar-refractivity contribution in [2.45, 2.75) is 58.3 Å². The molecule has 1 nitrogen and oxygen atoms in total. The monoisotopic (exact) mass is 338 g/mol. The van der Waals surface area contributed by atoms with Crippen LogP contribution in [0.25, 0.3) is 6.08 Å². The van der Waals surface area contributed by atoms with Crippen molar-refractivity contribution < 1.29 is 4.79 Å². The van der Waals surface area contributed by atoms with Gasteiger partial charge in [-0.15, -0.1) is 11.3 Å². The SMILES string of the molecule is Cc1ccc(/C=C/C(=O)c2ccc3c(c2)C(C)(C)CCC3(C)C)s1. The van der Waals surface area contributed by atoms with Gasteiger partial charge < -0.3 is 0 Å². The molecule has 1 aliphatic carbocycles. The van der Waals surface area contributed by atoms with Crippen LogP contribution in [0.2, 0.25) is 0 Å². The Bertz CT molecular complexity index is 805. The fraction of sp³-hybridized carbons (Fsp3) is 0.409. The molecule has 0 atom stereocenters. The predicted octanol–water partition coefficient (Wildman–Crippen LogP) is 6.30. The summed E-state index contributed by atoms with van der Waals surface area (Å²) in [6.07, 6.45) is 5.98. The van der Waals surface area contributed by atoms with Gasteiger partial charge in [-0.05, 0) is 72.1 Å². The van der Waals surface area contributed by atoms with E-state index in [2.05, 4.69) is 58.9 Å². The van der Waals surface area contributed by atoms with E-state index < -0.39 is 0 Å². The second-order valence-corrected chi connectivity index (χ2v) is 9.49. The number of hydrogen-bond donors (Lipinski definition) is 0. The molecule has 126 valence electrons. The van der Waals surface area contributed by atoms with Crippen molar-refractivity contribution in [2.75, 3.05) is 0 Å². The van der Waals surface area contributed by atoms with Gasteiger partial charge in [0.15, 0.2) is 5.78 Å². The Balaban J connectivity index is 1.93. The molecular formula is C22H26OS. The summed E-state index contributed by atoms with van der Waals surface area (Å²) < 4.78 is 0. The molecule has 2 heteroatoms. The van der Waals surface area contributed by atoms with Crippen LogP contribution in [0.4, 0.5) is 0 Å². The van der Waals surface area contributed by atoms with Gasteiger partial charge in [0.1, 0.15) is 0 Å².